The van der Waals surface area contributed by atoms with E-state index in [1.807, 2.05) is 30.7 Å². The third kappa shape index (κ3) is 4.19. The van der Waals surface area contributed by atoms with Crippen LogP contribution >= 0.6 is 0 Å². The van der Waals surface area contributed by atoms with Crippen LogP contribution < -0.4 is 16.0 Å². The van der Waals surface area contributed by atoms with Crippen LogP contribution in [0.4, 0.5) is 31.8 Å². The minimum absolute atomic E-state index is 0.00965. The summed E-state index contributed by atoms with van der Waals surface area (Å²) in [5, 5.41) is 8.40. The maximum atomic E-state index is 14.0. The Morgan fingerprint density at radius 1 is 1.15 bits per heavy atom. The first-order chi connectivity index (χ1) is 15.8. The van der Waals surface area contributed by atoms with E-state index in [2.05, 4.69) is 25.9 Å². The van der Waals surface area contributed by atoms with E-state index in [1.165, 1.54) is 19.3 Å². The van der Waals surface area contributed by atoms with Crippen LogP contribution in [-0.2, 0) is 7.05 Å². The lowest BCUT2D eigenvalue weighted by Gasteiger charge is -2.17. The molecule has 0 fully saturated rings. The van der Waals surface area contributed by atoms with Crippen LogP contribution in [0.2, 0.25) is 0 Å². The van der Waals surface area contributed by atoms with Crippen LogP contribution in [0.5, 0.6) is 0 Å². The highest BCUT2D eigenvalue weighted by atomic mass is 19.1. The SMILES string of the molecule is CCC1C=Cc2c(c(Nc3cc(Nc4ncc(F)cc4F)ncc3C(=O)NC)cn2C)C1=O. The van der Waals surface area contributed by atoms with Crippen molar-refractivity contribution in [2.75, 3.05) is 17.7 Å². The Hall–Kier alpha value is -4.08. The summed E-state index contributed by atoms with van der Waals surface area (Å²) < 4.78 is 29.0. The van der Waals surface area contributed by atoms with E-state index in [0.717, 1.165) is 11.9 Å². The van der Waals surface area contributed by atoms with Gasteiger partial charge in [-0.05, 0) is 12.5 Å². The van der Waals surface area contributed by atoms with Crippen LogP contribution in [0.15, 0.2) is 36.8 Å². The summed E-state index contributed by atoms with van der Waals surface area (Å²) in [4.78, 5) is 33.3. The normalized spacial score (nSPS) is 14.7. The number of fused-ring (bicyclic) bond motifs is 1. The lowest BCUT2D eigenvalue weighted by atomic mass is 9.89. The van der Waals surface area contributed by atoms with Crippen molar-refractivity contribution in [3.8, 4) is 0 Å². The number of pyridine rings is 2. The molecule has 1 atom stereocenters. The lowest BCUT2D eigenvalue weighted by Crippen LogP contribution is -2.20. The Bertz CT molecular complexity index is 1280. The number of allylic oxidation sites excluding steroid dienone is 1. The maximum absolute atomic E-state index is 14.0. The maximum Gasteiger partial charge on any atom is 0.254 e. The smallest absolute Gasteiger partial charge is 0.254 e. The van der Waals surface area contributed by atoms with Gasteiger partial charge in [-0.15, -0.1) is 0 Å². The van der Waals surface area contributed by atoms with Crippen LogP contribution in [-0.4, -0.2) is 33.3 Å². The molecule has 3 aromatic heterocycles. The van der Waals surface area contributed by atoms with Crippen molar-refractivity contribution >= 4 is 40.8 Å². The van der Waals surface area contributed by atoms with Crippen molar-refractivity contribution in [1.82, 2.24) is 19.9 Å². The summed E-state index contributed by atoms with van der Waals surface area (Å²) in [5.74, 6) is -2.37. The number of aryl methyl sites for hydroxylation is 1. The fourth-order valence-corrected chi connectivity index (χ4v) is 3.71. The molecule has 1 unspecified atom stereocenters. The van der Waals surface area contributed by atoms with Gasteiger partial charge in [0, 0.05) is 44.5 Å². The monoisotopic (exact) mass is 452 g/mol. The predicted octanol–water partition coefficient (Wildman–Crippen LogP) is 4.18. The van der Waals surface area contributed by atoms with E-state index >= 15 is 0 Å². The van der Waals surface area contributed by atoms with E-state index in [4.69, 9.17) is 0 Å². The van der Waals surface area contributed by atoms with E-state index in [-0.39, 0.29) is 28.9 Å². The average molecular weight is 452 g/mol. The molecule has 1 amide bonds. The van der Waals surface area contributed by atoms with Crippen molar-refractivity contribution in [3.63, 3.8) is 0 Å². The molecular weight excluding hydrogens is 430 g/mol. The van der Waals surface area contributed by atoms with E-state index in [9.17, 15) is 18.4 Å². The highest BCUT2D eigenvalue weighted by Gasteiger charge is 2.28. The first-order valence-electron chi connectivity index (χ1n) is 10.3. The molecule has 0 bridgehead atoms. The van der Waals surface area contributed by atoms with Crippen LogP contribution in [0.1, 0.15) is 39.8 Å². The largest absolute Gasteiger partial charge is 0.355 e. The zero-order chi connectivity index (χ0) is 23.7. The third-order valence-electron chi connectivity index (χ3n) is 5.44. The molecule has 0 saturated heterocycles. The zero-order valence-corrected chi connectivity index (χ0v) is 18.2. The first kappa shape index (κ1) is 22.1. The predicted molar refractivity (Wildman–Crippen MR) is 121 cm³/mol. The molecule has 1 aliphatic carbocycles. The molecule has 170 valence electrons. The first-order valence-corrected chi connectivity index (χ1v) is 10.3. The van der Waals surface area contributed by atoms with Crippen molar-refractivity contribution in [3.05, 3.63) is 65.3 Å². The molecule has 1 aliphatic rings. The van der Waals surface area contributed by atoms with Crippen LogP contribution in [0.3, 0.4) is 0 Å². The highest BCUT2D eigenvalue weighted by molar-refractivity contribution is 6.10. The minimum Gasteiger partial charge on any atom is -0.355 e. The molecule has 3 heterocycles. The standard InChI is InChI=1S/C23H22F2N6O2/c1-4-12-5-6-18-20(21(12)32)17(11-31(18)3)29-16-8-19(27-10-14(16)23(33)26-2)30-22-15(25)7-13(24)9-28-22/h5-12H,4H2,1-3H3,(H,26,33)(H2,27,28,29,30). The van der Waals surface area contributed by atoms with Gasteiger partial charge < -0.3 is 20.5 Å². The molecule has 0 radical (unpaired) electrons. The van der Waals surface area contributed by atoms with Crippen molar-refractivity contribution in [2.24, 2.45) is 13.0 Å². The van der Waals surface area contributed by atoms with Crippen molar-refractivity contribution in [1.29, 1.82) is 0 Å². The Labute approximate surface area is 188 Å². The van der Waals surface area contributed by atoms with Gasteiger partial charge in [0.05, 0.1) is 34.4 Å². The molecule has 3 N–H and O–H groups in total. The fourth-order valence-electron chi connectivity index (χ4n) is 3.71. The molecule has 0 aliphatic heterocycles. The lowest BCUT2D eigenvalue weighted by molar-refractivity contribution is 0.0939. The summed E-state index contributed by atoms with van der Waals surface area (Å²) in [6.07, 6.45) is 8.45. The number of amides is 1. The molecule has 0 aromatic carbocycles. The number of carbonyl (C=O) groups is 2. The van der Waals surface area contributed by atoms with Crippen molar-refractivity contribution in [2.45, 2.75) is 13.3 Å². The number of rotatable bonds is 6. The van der Waals surface area contributed by atoms with Gasteiger partial charge in [-0.1, -0.05) is 13.0 Å². The number of carbonyl (C=O) groups excluding carboxylic acids is 2. The number of anilines is 4. The number of aromatic nitrogens is 3. The summed E-state index contributed by atoms with van der Waals surface area (Å²) >= 11 is 0. The minimum atomic E-state index is -0.887. The van der Waals surface area contributed by atoms with E-state index < -0.39 is 17.5 Å². The van der Waals surface area contributed by atoms with Gasteiger partial charge >= 0.3 is 0 Å². The zero-order valence-electron chi connectivity index (χ0n) is 18.2. The van der Waals surface area contributed by atoms with Crippen LogP contribution in [0, 0.1) is 17.6 Å². The highest BCUT2D eigenvalue weighted by Crippen LogP contribution is 2.35. The number of halogens is 2. The number of hydrogen-bond donors (Lipinski definition) is 3. The Kier molecular flexibility index (Phi) is 5.91. The van der Waals surface area contributed by atoms with Gasteiger partial charge in [0.25, 0.3) is 5.91 Å². The van der Waals surface area contributed by atoms with Gasteiger partial charge in [0.15, 0.2) is 17.4 Å². The van der Waals surface area contributed by atoms with Gasteiger partial charge in [-0.2, -0.15) is 0 Å². The topological polar surface area (TPSA) is 101 Å². The molecule has 4 rings (SSSR count). The molecule has 33 heavy (non-hydrogen) atoms. The third-order valence-corrected chi connectivity index (χ3v) is 5.44. The van der Waals surface area contributed by atoms with Gasteiger partial charge in [-0.3, -0.25) is 9.59 Å². The summed E-state index contributed by atoms with van der Waals surface area (Å²) in [5.41, 5.74) is 2.40. The summed E-state index contributed by atoms with van der Waals surface area (Å²) in [6, 6.07) is 2.20. The molecule has 8 nitrogen and oxygen atoms in total. The second-order valence-electron chi connectivity index (χ2n) is 7.58. The molecule has 3 aromatic rings. The summed E-state index contributed by atoms with van der Waals surface area (Å²) in [6.45, 7) is 1.95. The van der Waals surface area contributed by atoms with E-state index in [1.54, 1.807) is 6.20 Å². The molecular formula is C23H22F2N6O2. The average Bonchev–Trinajstić information content (AvgIpc) is 3.11. The Morgan fingerprint density at radius 2 is 1.94 bits per heavy atom. The van der Waals surface area contributed by atoms with Gasteiger partial charge in [0.2, 0.25) is 0 Å². The molecule has 10 heteroatoms. The Balaban J connectivity index is 1.74. The van der Waals surface area contributed by atoms with Gasteiger partial charge in [0.1, 0.15) is 11.6 Å². The van der Waals surface area contributed by atoms with Crippen LogP contribution in [0.25, 0.3) is 6.08 Å². The molecule has 0 saturated carbocycles. The number of Topliss-reactive ketones (excluding diaryl/α,β-unsaturated/α-hetero) is 1. The number of hydrogen-bond acceptors (Lipinski definition) is 6. The number of ketones is 1. The number of nitrogens with one attached hydrogen (secondary N) is 3. The summed E-state index contributed by atoms with van der Waals surface area (Å²) in [7, 11) is 3.32. The van der Waals surface area contributed by atoms with Crippen molar-refractivity contribution < 1.29 is 18.4 Å². The fraction of sp³-hybridized carbons (Fsp3) is 0.217. The second kappa shape index (κ2) is 8.81. The number of nitrogens with zero attached hydrogens (tertiary/aromatic N) is 3. The quantitative estimate of drug-likeness (QED) is 0.519. The van der Waals surface area contributed by atoms with E-state index in [0.29, 0.717) is 29.4 Å². The van der Waals surface area contributed by atoms with Gasteiger partial charge in [-0.25, -0.2) is 18.7 Å². The second-order valence-corrected chi connectivity index (χ2v) is 7.58. The molecule has 0 spiro atoms. The Morgan fingerprint density at radius 3 is 2.64 bits per heavy atom.